The lowest BCUT2D eigenvalue weighted by Gasteiger charge is -2.30. The van der Waals surface area contributed by atoms with Gasteiger partial charge in [-0.15, -0.1) is 0 Å². The molecule has 0 fully saturated rings. The minimum atomic E-state index is -0.715. The maximum absolute atomic E-state index is 13.8. The van der Waals surface area contributed by atoms with E-state index in [1.807, 2.05) is 6.08 Å². The SMILES string of the molecule is CC(C)(C)OC(=O)N1CCC=C(c2[nH]nc3c(F)cc(F)cc23)C1. The van der Waals surface area contributed by atoms with Crippen LogP contribution in [0.5, 0.6) is 0 Å². The molecular formula is C17H19F2N3O2. The van der Waals surface area contributed by atoms with E-state index < -0.39 is 23.3 Å². The molecule has 128 valence electrons. The van der Waals surface area contributed by atoms with Gasteiger partial charge in [-0.25, -0.2) is 13.6 Å². The lowest BCUT2D eigenvalue weighted by molar-refractivity contribution is 0.0273. The predicted molar refractivity (Wildman–Crippen MR) is 86.4 cm³/mol. The van der Waals surface area contributed by atoms with Crippen molar-refractivity contribution in [3.63, 3.8) is 0 Å². The van der Waals surface area contributed by atoms with E-state index in [0.29, 0.717) is 30.6 Å². The minimum Gasteiger partial charge on any atom is -0.444 e. The fourth-order valence-corrected chi connectivity index (χ4v) is 2.69. The lowest BCUT2D eigenvalue weighted by Crippen LogP contribution is -2.39. The molecule has 0 spiro atoms. The Kier molecular flexibility index (Phi) is 4.03. The maximum atomic E-state index is 13.8. The molecule has 0 unspecified atom stereocenters. The Labute approximate surface area is 138 Å². The van der Waals surface area contributed by atoms with E-state index in [4.69, 9.17) is 4.74 Å². The van der Waals surface area contributed by atoms with E-state index in [1.165, 1.54) is 6.07 Å². The third kappa shape index (κ3) is 3.25. The first kappa shape index (κ1) is 16.4. The highest BCUT2D eigenvalue weighted by molar-refractivity contribution is 5.91. The van der Waals surface area contributed by atoms with Gasteiger partial charge in [0.25, 0.3) is 0 Å². The largest absolute Gasteiger partial charge is 0.444 e. The van der Waals surface area contributed by atoms with Crippen LogP contribution in [0.4, 0.5) is 13.6 Å². The summed E-state index contributed by atoms with van der Waals surface area (Å²) in [6, 6.07) is 2.04. The van der Waals surface area contributed by atoms with Crippen LogP contribution in [-0.2, 0) is 4.74 Å². The average molecular weight is 335 g/mol. The second-order valence-corrected chi connectivity index (χ2v) is 6.80. The summed E-state index contributed by atoms with van der Waals surface area (Å²) in [5.74, 6) is -1.38. The van der Waals surface area contributed by atoms with E-state index in [0.717, 1.165) is 11.6 Å². The van der Waals surface area contributed by atoms with Crippen LogP contribution in [0.25, 0.3) is 16.5 Å². The highest BCUT2D eigenvalue weighted by Gasteiger charge is 2.26. The number of hydrogen-bond acceptors (Lipinski definition) is 3. The van der Waals surface area contributed by atoms with Crippen molar-refractivity contribution < 1.29 is 18.3 Å². The number of carbonyl (C=O) groups excluding carboxylic acids is 1. The Morgan fingerprint density at radius 3 is 2.79 bits per heavy atom. The first-order valence-electron chi connectivity index (χ1n) is 7.75. The van der Waals surface area contributed by atoms with Crippen LogP contribution in [0.2, 0.25) is 0 Å². The molecule has 2 aromatic rings. The van der Waals surface area contributed by atoms with Crippen molar-refractivity contribution in [2.24, 2.45) is 0 Å². The van der Waals surface area contributed by atoms with Crippen LogP contribution in [0.1, 0.15) is 32.9 Å². The van der Waals surface area contributed by atoms with Gasteiger partial charge in [0.1, 0.15) is 16.9 Å². The van der Waals surface area contributed by atoms with Crippen molar-refractivity contribution >= 4 is 22.6 Å². The van der Waals surface area contributed by atoms with Gasteiger partial charge in [-0.3, -0.25) is 5.10 Å². The fraction of sp³-hybridized carbons (Fsp3) is 0.412. The number of carbonyl (C=O) groups is 1. The van der Waals surface area contributed by atoms with Gasteiger partial charge in [0.2, 0.25) is 0 Å². The number of aromatic amines is 1. The molecule has 0 atom stereocenters. The summed E-state index contributed by atoms with van der Waals surface area (Å²) in [6.45, 7) is 6.25. The zero-order valence-corrected chi connectivity index (χ0v) is 13.8. The number of benzene rings is 1. The van der Waals surface area contributed by atoms with Gasteiger partial charge in [-0.05, 0) is 38.8 Å². The monoisotopic (exact) mass is 335 g/mol. The first-order chi connectivity index (χ1) is 11.2. The molecule has 1 aromatic heterocycles. The number of halogens is 2. The number of ether oxygens (including phenoxy) is 1. The second kappa shape index (κ2) is 5.89. The quantitative estimate of drug-likeness (QED) is 0.861. The highest BCUT2D eigenvalue weighted by atomic mass is 19.1. The fourth-order valence-electron chi connectivity index (χ4n) is 2.69. The highest BCUT2D eigenvalue weighted by Crippen LogP contribution is 2.28. The number of nitrogens with one attached hydrogen (secondary N) is 1. The number of nitrogens with zero attached hydrogens (tertiary/aromatic N) is 2. The predicted octanol–water partition coefficient (Wildman–Crippen LogP) is 3.87. The maximum Gasteiger partial charge on any atom is 0.410 e. The molecule has 7 heteroatoms. The number of fused-ring (bicyclic) bond motifs is 1. The summed E-state index contributed by atoms with van der Waals surface area (Å²) in [6.07, 6.45) is 2.16. The summed E-state index contributed by atoms with van der Waals surface area (Å²) in [7, 11) is 0. The molecule has 0 bridgehead atoms. The topological polar surface area (TPSA) is 58.2 Å². The summed E-state index contributed by atoms with van der Waals surface area (Å²) in [4.78, 5) is 13.8. The normalized spacial score (nSPS) is 15.5. The Balaban J connectivity index is 1.88. The van der Waals surface area contributed by atoms with Crippen LogP contribution in [0.15, 0.2) is 18.2 Å². The molecule has 0 aliphatic carbocycles. The number of rotatable bonds is 1. The molecule has 2 heterocycles. The van der Waals surface area contributed by atoms with Crippen molar-refractivity contribution in [3.8, 4) is 0 Å². The van der Waals surface area contributed by atoms with Crippen molar-refractivity contribution in [2.75, 3.05) is 13.1 Å². The zero-order valence-electron chi connectivity index (χ0n) is 13.8. The van der Waals surface area contributed by atoms with Crippen LogP contribution in [-0.4, -0.2) is 39.9 Å². The zero-order chi connectivity index (χ0) is 17.5. The Morgan fingerprint density at radius 2 is 2.08 bits per heavy atom. The van der Waals surface area contributed by atoms with E-state index in [2.05, 4.69) is 10.2 Å². The number of amides is 1. The third-order valence-electron chi connectivity index (χ3n) is 3.70. The Morgan fingerprint density at radius 1 is 1.33 bits per heavy atom. The minimum absolute atomic E-state index is 0.0849. The van der Waals surface area contributed by atoms with Crippen molar-refractivity contribution in [3.05, 3.63) is 35.5 Å². The molecule has 3 rings (SSSR count). The smallest absolute Gasteiger partial charge is 0.410 e. The van der Waals surface area contributed by atoms with Crippen LogP contribution < -0.4 is 0 Å². The average Bonchev–Trinajstić information content (AvgIpc) is 2.89. The standard InChI is InChI=1S/C17H19F2N3O2/c1-17(2,3)24-16(23)22-6-4-5-10(9-22)14-12-7-11(18)8-13(19)15(12)21-20-14/h5,7-8H,4,6,9H2,1-3H3,(H,20,21). The van der Waals surface area contributed by atoms with Crippen molar-refractivity contribution in [2.45, 2.75) is 32.8 Å². The molecule has 1 aliphatic rings. The van der Waals surface area contributed by atoms with Crippen LogP contribution in [0.3, 0.4) is 0 Å². The summed E-state index contributed by atoms with van der Waals surface area (Å²) in [5, 5.41) is 7.04. The van der Waals surface area contributed by atoms with Gasteiger partial charge in [0, 0.05) is 18.0 Å². The van der Waals surface area contributed by atoms with Gasteiger partial charge >= 0.3 is 6.09 Å². The summed E-state index contributed by atoms with van der Waals surface area (Å²) in [5.41, 5.74) is 0.795. The molecule has 0 radical (unpaired) electrons. The van der Waals surface area contributed by atoms with E-state index >= 15 is 0 Å². The van der Waals surface area contributed by atoms with Gasteiger partial charge in [0.15, 0.2) is 5.82 Å². The summed E-state index contributed by atoms with van der Waals surface area (Å²) < 4.78 is 32.7. The molecule has 0 saturated carbocycles. The third-order valence-corrected chi connectivity index (χ3v) is 3.70. The number of aromatic nitrogens is 2. The lowest BCUT2D eigenvalue weighted by atomic mass is 10.0. The Hall–Kier alpha value is -2.44. The van der Waals surface area contributed by atoms with E-state index in [9.17, 15) is 13.6 Å². The summed E-state index contributed by atoms with van der Waals surface area (Å²) >= 11 is 0. The molecule has 1 aliphatic heterocycles. The van der Waals surface area contributed by atoms with Gasteiger partial charge in [-0.2, -0.15) is 5.10 Å². The molecule has 5 nitrogen and oxygen atoms in total. The second-order valence-electron chi connectivity index (χ2n) is 6.80. The molecule has 1 amide bonds. The Bertz CT molecular complexity index is 821. The number of H-pyrrole nitrogens is 1. The van der Waals surface area contributed by atoms with E-state index in [1.54, 1.807) is 25.7 Å². The van der Waals surface area contributed by atoms with Gasteiger partial charge < -0.3 is 9.64 Å². The van der Waals surface area contributed by atoms with Crippen molar-refractivity contribution in [1.29, 1.82) is 0 Å². The molecular weight excluding hydrogens is 316 g/mol. The van der Waals surface area contributed by atoms with Crippen LogP contribution >= 0.6 is 0 Å². The molecule has 24 heavy (non-hydrogen) atoms. The van der Waals surface area contributed by atoms with Crippen molar-refractivity contribution in [1.82, 2.24) is 15.1 Å². The molecule has 0 saturated heterocycles. The van der Waals surface area contributed by atoms with E-state index in [-0.39, 0.29) is 5.52 Å². The number of hydrogen-bond donors (Lipinski definition) is 1. The molecule has 1 N–H and O–H groups in total. The van der Waals surface area contributed by atoms with Crippen LogP contribution in [0, 0.1) is 11.6 Å². The first-order valence-corrected chi connectivity index (χ1v) is 7.75. The van der Waals surface area contributed by atoms with Gasteiger partial charge in [-0.1, -0.05) is 6.08 Å². The molecule has 1 aromatic carbocycles. The van der Waals surface area contributed by atoms with Gasteiger partial charge in [0.05, 0.1) is 12.2 Å².